The lowest BCUT2D eigenvalue weighted by Crippen LogP contribution is -2.46. The zero-order valence-corrected chi connectivity index (χ0v) is 12.8. The molecule has 1 heterocycles. The molecule has 0 saturated carbocycles. The number of carbonyl (C=O) groups is 1. The number of nitrogens with one attached hydrogen (secondary N) is 2. The van der Waals surface area contributed by atoms with Crippen LogP contribution in [0.2, 0.25) is 0 Å². The van der Waals surface area contributed by atoms with Crippen molar-refractivity contribution in [1.29, 1.82) is 0 Å². The molecule has 2 N–H and O–H groups in total. The van der Waals surface area contributed by atoms with Gasteiger partial charge in [0, 0.05) is 43.1 Å². The van der Waals surface area contributed by atoms with Gasteiger partial charge in [-0.15, -0.1) is 0 Å². The van der Waals surface area contributed by atoms with Gasteiger partial charge in [0.2, 0.25) is 5.91 Å². The minimum atomic E-state index is 0.169. The number of amides is 1. The Kier molecular flexibility index (Phi) is 7.04. The minimum absolute atomic E-state index is 0.169. The molecule has 1 amide bonds. The van der Waals surface area contributed by atoms with E-state index in [1.165, 1.54) is 0 Å². The fourth-order valence-corrected chi connectivity index (χ4v) is 3.23. The van der Waals surface area contributed by atoms with E-state index in [1.807, 2.05) is 11.8 Å². The third-order valence-corrected chi connectivity index (χ3v) is 4.50. The first kappa shape index (κ1) is 15.8. The van der Waals surface area contributed by atoms with Gasteiger partial charge < -0.3 is 15.5 Å². The number of rotatable bonds is 6. The summed E-state index contributed by atoms with van der Waals surface area (Å²) in [5, 5.41) is 6.45. The van der Waals surface area contributed by atoms with E-state index in [9.17, 15) is 4.79 Å². The van der Waals surface area contributed by atoms with Crippen LogP contribution in [-0.4, -0.2) is 61.6 Å². The fraction of sp³-hybridized carbons (Fsp3) is 0.923. The monoisotopic (exact) mass is 273 g/mol. The Balaban J connectivity index is 2.26. The van der Waals surface area contributed by atoms with Crippen molar-refractivity contribution < 1.29 is 4.79 Å². The number of carbonyl (C=O) groups excluding carboxylic acids is 1. The molecule has 1 rings (SSSR count). The summed E-state index contributed by atoms with van der Waals surface area (Å²) in [5.74, 6) is 2.93. The summed E-state index contributed by atoms with van der Waals surface area (Å²) in [6, 6.07) is 0.753. The third kappa shape index (κ3) is 5.59. The number of hydrogen-bond donors (Lipinski definition) is 2. The van der Waals surface area contributed by atoms with Crippen molar-refractivity contribution in [2.75, 3.05) is 38.7 Å². The summed E-state index contributed by atoms with van der Waals surface area (Å²) in [6.45, 7) is 6.14. The van der Waals surface area contributed by atoms with Crippen LogP contribution in [0, 0.1) is 5.92 Å². The minimum Gasteiger partial charge on any atom is -0.354 e. The van der Waals surface area contributed by atoms with Gasteiger partial charge in [-0.1, -0.05) is 13.8 Å². The summed E-state index contributed by atoms with van der Waals surface area (Å²) in [6.07, 6.45) is 0.602. The van der Waals surface area contributed by atoms with Gasteiger partial charge in [-0.25, -0.2) is 0 Å². The largest absolute Gasteiger partial charge is 0.354 e. The van der Waals surface area contributed by atoms with E-state index >= 15 is 0 Å². The second-order valence-electron chi connectivity index (χ2n) is 5.51. The van der Waals surface area contributed by atoms with E-state index in [4.69, 9.17) is 0 Å². The van der Waals surface area contributed by atoms with Crippen molar-refractivity contribution in [3.8, 4) is 0 Å². The predicted molar refractivity (Wildman–Crippen MR) is 79.1 cm³/mol. The molecule has 4 nitrogen and oxygen atoms in total. The Morgan fingerprint density at radius 2 is 2.22 bits per heavy atom. The lowest BCUT2D eigenvalue weighted by atomic mass is 10.0. The molecule has 18 heavy (non-hydrogen) atoms. The smallest absolute Gasteiger partial charge is 0.221 e. The summed E-state index contributed by atoms with van der Waals surface area (Å²) in [4.78, 5) is 14.1. The Labute approximate surface area is 115 Å². The molecule has 0 spiro atoms. The number of likely N-dealkylation sites (N-methyl/N-ethyl adjacent to an activating group) is 1. The summed E-state index contributed by atoms with van der Waals surface area (Å²) >= 11 is 1.93. The molecule has 0 aromatic carbocycles. The van der Waals surface area contributed by atoms with Crippen LogP contribution in [0.5, 0.6) is 0 Å². The first-order valence-corrected chi connectivity index (χ1v) is 7.90. The Morgan fingerprint density at radius 3 is 2.72 bits per heavy atom. The predicted octanol–water partition coefficient (Wildman–Crippen LogP) is 0.784. The van der Waals surface area contributed by atoms with Crippen molar-refractivity contribution in [2.24, 2.45) is 5.92 Å². The highest BCUT2D eigenvalue weighted by Crippen LogP contribution is 2.10. The summed E-state index contributed by atoms with van der Waals surface area (Å²) < 4.78 is 0. The normalized spacial score (nSPS) is 22.2. The number of hydrogen-bond acceptors (Lipinski definition) is 4. The van der Waals surface area contributed by atoms with Gasteiger partial charge in [0.25, 0.3) is 0 Å². The van der Waals surface area contributed by atoms with Gasteiger partial charge in [-0.2, -0.15) is 11.8 Å². The number of thioether (sulfide) groups is 1. The molecule has 0 aromatic heterocycles. The molecule has 106 valence electrons. The SMILES string of the molecule is CC(C)C(CNC(=O)CC1CSCCN1)N(C)C. The van der Waals surface area contributed by atoms with Crippen LogP contribution >= 0.6 is 11.8 Å². The molecule has 1 saturated heterocycles. The Bertz CT molecular complexity index is 245. The molecule has 2 unspecified atom stereocenters. The summed E-state index contributed by atoms with van der Waals surface area (Å²) in [7, 11) is 4.13. The Hall–Kier alpha value is -0.260. The molecule has 1 aliphatic heterocycles. The van der Waals surface area contributed by atoms with E-state index < -0.39 is 0 Å². The highest BCUT2D eigenvalue weighted by atomic mass is 32.2. The van der Waals surface area contributed by atoms with Crippen molar-refractivity contribution in [1.82, 2.24) is 15.5 Å². The van der Waals surface area contributed by atoms with Crippen molar-refractivity contribution in [2.45, 2.75) is 32.4 Å². The molecule has 0 bridgehead atoms. The van der Waals surface area contributed by atoms with Crippen molar-refractivity contribution in [3.05, 3.63) is 0 Å². The van der Waals surface area contributed by atoms with Gasteiger partial charge in [0.1, 0.15) is 0 Å². The maximum Gasteiger partial charge on any atom is 0.221 e. The maximum absolute atomic E-state index is 11.9. The topological polar surface area (TPSA) is 44.4 Å². The second kappa shape index (κ2) is 8.02. The Morgan fingerprint density at radius 1 is 1.50 bits per heavy atom. The molecule has 0 aromatic rings. The number of nitrogens with zero attached hydrogens (tertiary/aromatic N) is 1. The van der Waals surface area contributed by atoms with Gasteiger partial charge in [-0.05, 0) is 20.0 Å². The quantitative estimate of drug-likeness (QED) is 0.751. The molecule has 2 atom stereocenters. The summed E-state index contributed by atoms with van der Waals surface area (Å²) in [5.41, 5.74) is 0. The molecule has 1 fully saturated rings. The van der Waals surface area contributed by atoms with E-state index in [-0.39, 0.29) is 5.91 Å². The van der Waals surface area contributed by atoms with Crippen LogP contribution in [0.25, 0.3) is 0 Å². The van der Waals surface area contributed by atoms with E-state index in [1.54, 1.807) is 0 Å². The first-order valence-electron chi connectivity index (χ1n) is 6.75. The average Bonchev–Trinajstić information content (AvgIpc) is 2.29. The van der Waals surface area contributed by atoms with Crippen LogP contribution in [0.3, 0.4) is 0 Å². The lowest BCUT2D eigenvalue weighted by molar-refractivity contribution is -0.121. The van der Waals surface area contributed by atoms with Crippen molar-refractivity contribution in [3.63, 3.8) is 0 Å². The fourth-order valence-electron chi connectivity index (χ4n) is 2.28. The molecule has 0 aliphatic carbocycles. The van der Waals surface area contributed by atoms with E-state index in [2.05, 4.69) is 43.5 Å². The average molecular weight is 273 g/mol. The van der Waals surface area contributed by atoms with Crippen LogP contribution in [0.4, 0.5) is 0 Å². The highest BCUT2D eigenvalue weighted by molar-refractivity contribution is 7.99. The molecule has 1 aliphatic rings. The molecular weight excluding hydrogens is 246 g/mol. The lowest BCUT2D eigenvalue weighted by Gasteiger charge is -2.28. The molecular formula is C13H27N3OS. The second-order valence-corrected chi connectivity index (χ2v) is 6.66. The van der Waals surface area contributed by atoms with Crippen LogP contribution < -0.4 is 10.6 Å². The molecule has 5 heteroatoms. The van der Waals surface area contributed by atoms with E-state index in [0.717, 1.165) is 24.6 Å². The van der Waals surface area contributed by atoms with Gasteiger partial charge in [0.05, 0.1) is 0 Å². The zero-order chi connectivity index (χ0) is 13.5. The standard InChI is InChI=1S/C13H27N3OS/c1-10(2)12(16(3)4)8-15-13(17)7-11-9-18-6-5-14-11/h10-12,14H,5-9H2,1-4H3,(H,15,17). The first-order chi connectivity index (χ1) is 8.50. The molecule has 0 radical (unpaired) electrons. The van der Waals surface area contributed by atoms with Crippen LogP contribution in [0.15, 0.2) is 0 Å². The van der Waals surface area contributed by atoms with Crippen LogP contribution in [-0.2, 0) is 4.79 Å². The van der Waals surface area contributed by atoms with E-state index in [0.29, 0.717) is 24.4 Å². The van der Waals surface area contributed by atoms with Gasteiger partial charge in [0.15, 0.2) is 0 Å². The maximum atomic E-state index is 11.9. The van der Waals surface area contributed by atoms with Crippen LogP contribution in [0.1, 0.15) is 20.3 Å². The van der Waals surface area contributed by atoms with Crippen molar-refractivity contribution >= 4 is 17.7 Å². The third-order valence-electron chi connectivity index (χ3n) is 3.37. The highest BCUT2D eigenvalue weighted by Gasteiger charge is 2.19. The van der Waals surface area contributed by atoms with Gasteiger partial charge in [-0.3, -0.25) is 4.79 Å². The zero-order valence-electron chi connectivity index (χ0n) is 12.0. The van der Waals surface area contributed by atoms with Gasteiger partial charge >= 0.3 is 0 Å².